The van der Waals surface area contributed by atoms with Gasteiger partial charge in [-0.2, -0.15) is 0 Å². The molecule has 1 aliphatic heterocycles. The first-order valence-corrected chi connectivity index (χ1v) is 7.89. The molecular weight excluding hydrogens is 252 g/mol. The van der Waals surface area contributed by atoms with E-state index in [0.29, 0.717) is 25.0 Å². The van der Waals surface area contributed by atoms with Crippen LogP contribution in [0.4, 0.5) is 0 Å². The molecule has 0 saturated heterocycles. The number of hydrogen-bond donors (Lipinski definition) is 1. The molecule has 1 aromatic rings. The lowest BCUT2D eigenvalue weighted by Gasteiger charge is -2.31. The average Bonchev–Trinajstić information content (AvgIpc) is 2.53. The third-order valence-corrected chi connectivity index (χ3v) is 4.65. The molecule has 1 aromatic carbocycles. The van der Waals surface area contributed by atoms with Gasteiger partial charge in [-0.25, -0.2) is 0 Å². The number of aliphatic hydroxyl groups excluding tert-OH is 1. The minimum atomic E-state index is 0.260. The highest BCUT2D eigenvalue weighted by atomic mass is 16.6. The van der Waals surface area contributed by atoms with Gasteiger partial charge in [-0.1, -0.05) is 25.3 Å². The third-order valence-electron chi connectivity index (χ3n) is 4.65. The number of ether oxygens (including phenoxy) is 2. The predicted molar refractivity (Wildman–Crippen MR) is 78.5 cm³/mol. The first kappa shape index (κ1) is 13.7. The fourth-order valence-corrected chi connectivity index (χ4v) is 3.64. The van der Waals surface area contributed by atoms with E-state index >= 15 is 0 Å². The van der Waals surface area contributed by atoms with Crippen molar-refractivity contribution in [2.24, 2.45) is 5.92 Å². The van der Waals surface area contributed by atoms with E-state index in [9.17, 15) is 5.11 Å². The van der Waals surface area contributed by atoms with Gasteiger partial charge >= 0.3 is 0 Å². The van der Waals surface area contributed by atoms with Crippen LogP contribution in [0.5, 0.6) is 11.5 Å². The van der Waals surface area contributed by atoms with Crippen LogP contribution in [0.25, 0.3) is 0 Å². The van der Waals surface area contributed by atoms with Crippen molar-refractivity contribution in [3.8, 4) is 11.5 Å². The molecule has 0 spiro atoms. The monoisotopic (exact) mass is 276 g/mol. The van der Waals surface area contributed by atoms with Gasteiger partial charge in [0.1, 0.15) is 13.2 Å². The Labute approximate surface area is 120 Å². The molecule has 1 saturated carbocycles. The van der Waals surface area contributed by atoms with Crippen molar-refractivity contribution < 1.29 is 14.6 Å². The Morgan fingerprint density at radius 2 is 1.80 bits per heavy atom. The van der Waals surface area contributed by atoms with Crippen molar-refractivity contribution in [3.63, 3.8) is 0 Å². The zero-order valence-corrected chi connectivity index (χ0v) is 12.0. The molecule has 0 bridgehead atoms. The summed E-state index contributed by atoms with van der Waals surface area (Å²) in [6.07, 6.45) is 7.46. The van der Waals surface area contributed by atoms with Gasteiger partial charge in [0.25, 0.3) is 0 Å². The summed E-state index contributed by atoms with van der Waals surface area (Å²) in [6, 6.07) is 6.31. The summed E-state index contributed by atoms with van der Waals surface area (Å²) in [4.78, 5) is 0. The number of benzene rings is 1. The molecule has 1 unspecified atom stereocenters. The lowest BCUT2D eigenvalue weighted by atomic mass is 9.75. The maximum atomic E-state index is 9.41. The van der Waals surface area contributed by atoms with Gasteiger partial charge in [-0.05, 0) is 48.8 Å². The molecule has 0 aromatic heterocycles. The van der Waals surface area contributed by atoms with Gasteiger partial charge in [-0.15, -0.1) is 0 Å². The van der Waals surface area contributed by atoms with Crippen molar-refractivity contribution in [2.75, 3.05) is 19.8 Å². The minimum Gasteiger partial charge on any atom is -0.486 e. The summed E-state index contributed by atoms with van der Waals surface area (Å²) < 4.78 is 11.3. The van der Waals surface area contributed by atoms with Gasteiger partial charge in [0.05, 0.1) is 0 Å². The Morgan fingerprint density at radius 3 is 2.55 bits per heavy atom. The van der Waals surface area contributed by atoms with E-state index in [1.807, 2.05) is 6.07 Å². The van der Waals surface area contributed by atoms with Crippen molar-refractivity contribution in [3.05, 3.63) is 23.8 Å². The summed E-state index contributed by atoms with van der Waals surface area (Å²) in [5, 5.41) is 9.41. The largest absolute Gasteiger partial charge is 0.486 e. The smallest absolute Gasteiger partial charge is 0.161 e. The Morgan fingerprint density at radius 1 is 1.05 bits per heavy atom. The summed E-state index contributed by atoms with van der Waals surface area (Å²) >= 11 is 0. The van der Waals surface area contributed by atoms with E-state index in [2.05, 4.69) is 12.1 Å². The van der Waals surface area contributed by atoms with Crippen molar-refractivity contribution in [2.45, 2.75) is 44.4 Å². The van der Waals surface area contributed by atoms with Gasteiger partial charge in [-0.3, -0.25) is 0 Å². The lowest BCUT2D eigenvalue weighted by molar-refractivity contribution is 0.170. The van der Waals surface area contributed by atoms with Crippen LogP contribution in [0.2, 0.25) is 0 Å². The van der Waals surface area contributed by atoms with Crippen LogP contribution >= 0.6 is 0 Å². The second kappa shape index (κ2) is 6.49. The predicted octanol–water partition coefficient (Wildman–Crippen LogP) is 3.50. The average molecular weight is 276 g/mol. The van der Waals surface area contributed by atoms with Gasteiger partial charge in [0.15, 0.2) is 11.5 Å². The molecule has 3 heteroatoms. The van der Waals surface area contributed by atoms with E-state index < -0.39 is 0 Å². The molecule has 0 amide bonds. The lowest BCUT2D eigenvalue weighted by Crippen LogP contribution is -2.19. The number of hydrogen-bond acceptors (Lipinski definition) is 3. The topological polar surface area (TPSA) is 38.7 Å². The van der Waals surface area contributed by atoms with Gasteiger partial charge in [0.2, 0.25) is 0 Å². The molecule has 3 rings (SSSR count). The molecule has 1 atom stereocenters. The second-order valence-electron chi connectivity index (χ2n) is 5.92. The first-order valence-electron chi connectivity index (χ1n) is 7.89. The van der Waals surface area contributed by atoms with Gasteiger partial charge < -0.3 is 14.6 Å². The zero-order chi connectivity index (χ0) is 13.8. The summed E-state index contributed by atoms with van der Waals surface area (Å²) in [6.45, 7) is 1.52. The van der Waals surface area contributed by atoms with E-state index in [4.69, 9.17) is 9.47 Å². The Balaban J connectivity index is 1.82. The SMILES string of the molecule is OCCC(c1ccc2c(c1)OCCO2)C1CCCCC1. The van der Waals surface area contributed by atoms with Crippen LogP contribution in [-0.4, -0.2) is 24.9 Å². The molecular formula is C17H24O3. The van der Waals surface area contributed by atoms with E-state index in [0.717, 1.165) is 17.9 Å². The molecule has 1 fully saturated rings. The summed E-state index contributed by atoms with van der Waals surface area (Å²) in [5.41, 5.74) is 1.30. The van der Waals surface area contributed by atoms with Crippen LogP contribution in [0.15, 0.2) is 18.2 Å². The summed E-state index contributed by atoms with van der Waals surface area (Å²) in [5.74, 6) is 2.88. The number of aliphatic hydroxyl groups is 1. The normalized spacial score (nSPS) is 20.6. The Bertz CT molecular complexity index is 438. The van der Waals surface area contributed by atoms with Crippen molar-refractivity contribution >= 4 is 0 Å². The molecule has 1 N–H and O–H groups in total. The molecule has 3 nitrogen and oxygen atoms in total. The fraction of sp³-hybridized carbons (Fsp3) is 0.647. The van der Waals surface area contributed by atoms with Crippen LogP contribution in [0.3, 0.4) is 0 Å². The van der Waals surface area contributed by atoms with Crippen LogP contribution < -0.4 is 9.47 Å². The molecule has 2 aliphatic rings. The molecule has 20 heavy (non-hydrogen) atoms. The highest BCUT2D eigenvalue weighted by molar-refractivity contribution is 5.45. The maximum Gasteiger partial charge on any atom is 0.161 e. The quantitative estimate of drug-likeness (QED) is 0.914. The van der Waals surface area contributed by atoms with Crippen molar-refractivity contribution in [1.82, 2.24) is 0 Å². The van der Waals surface area contributed by atoms with Crippen LogP contribution in [-0.2, 0) is 0 Å². The number of fused-ring (bicyclic) bond motifs is 1. The zero-order valence-electron chi connectivity index (χ0n) is 12.0. The maximum absolute atomic E-state index is 9.41. The fourth-order valence-electron chi connectivity index (χ4n) is 3.64. The molecule has 0 radical (unpaired) electrons. The Kier molecular flexibility index (Phi) is 4.46. The summed E-state index contributed by atoms with van der Waals surface area (Å²) in [7, 11) is 0. The second-order valence-corrected chi connectivity index (χ2v) is 5.92. The van der Waals surface area contributed by atoms with Gasteiger partial charge in [0, 0.05) is 6.61 Å². The first-order chi connectivity index (χ1) is 9.88. The van der Waals surface area contributed by atoms with E-state index in [1.54, 1.807) is 0 Å². The van der Waals surface area contributed by atoms with E-state index in [1.165, 1.54) is 37.7 Å². The molecule has 1 aliphatic carbocycles. The number of rotatable bonds is 4. The Hall–Kier alpha value is -1.22. The molecule has 1 heterocycles. The van der Waals surface area contributed by atoms with Crippen LogP contribution in [0, 0.1) is 5.92 Å². The molecule has 110 valence electrons. The third kappa shape index (κ3) is 2.93. The highest BCUT2D eigenvalue weighted by Crippen LogP contribution is 2.41. The highest BCUT2D eigenvalue weighted by Gasteiger charge is 2.26. The van der Waals surface area contributed by atoms with Crippen LogP contribution in [0.1, 0.15) is 50.0 Å². The van der Waals surface area contributed by atoms with Crippen molar-refractivity contribution in [1.29, 1.82) is 0 Å². The minimum absolute atomic E-state index is 0.260. The van der Waals surface area contributed by atoms with E-state index in [-0.39, 0.29) is 6.61 Å². The standard InChI is InChI=1S/C17H24O3/c18-9-8-15(13-4-2-1-3-5-13)14-6-7-16-17(12-14)20-11-10-19-16/h6-7,12-13,15,18H,1-5,8-11H2.